The van der Waals surface area contributed by atoms with E-state index in [-0.39, 0.29) is 12.0 Å². The van der Waals surface area contributed by atoms with Crippen LogP contribution in [0.2, 0.25) is 0 Å². The van der Waals surface area contributed by atoms with Gasteiger partial charge in [0.1, 0.15) is 0 Å². The highest BCUT2D eigenvalue weighted by Crippen LogP contribution is 2.49. The van der Waals surface area contributed by atoms with Gasteiger partial charge in [-0.25, -0.2) is 4.79 Å². The van der Waals surface area contributed by atoms with Crippen LogP contribution in [0.3, 0.4) is 0 Å². The molecule has 0 aliphatic carbocycles. The lowest BCUT2D eigenvalue weighted by Crippen LogP contribution is -2.72. The first-order chi connectivity index (χ1) is 14.0. The summed E-state index contributed by atoms with van der Waals surface area (Å²) in [6.07, 6.45) is 1.96. The second kappa shape index (κ2) is 6.44. The highest BCUT2D eigenvalue weighted by atomic mass is 16.2. The Hall–Kier alpha value is -3.15. The summed E-state index contributed by atoms with van der Waals surface area (Å²) in [5.74, 6) is -0.601. The number of imide groups is 2. The molecule has 5 rings (SSSR count). The zero-order valence-electron chi connectivity index (χ0n) is 16.3. The quantitative estimate of drug-likeness (QED) is 0.762. The lowest BCUT2D eigenvalue weighted by molar-refractivity contribution is -0.153. The molecule has 6 heteroatoms. The summed E-state index contributed by atoms with van der Waals surface area (Å²) in [7, 11) is 1.45. The normalized spacial score (nSPS) is 28.8. The number of para-hydroxylation sites is 1. The molecule has 2 fully saturated rings. The molecule has 0 aromatic heterocycles. The predicted octanol–water partition coefficient (Wildman–Crippen LogP) is 2.69. The Morgan fingerprint density at radius 1 is 1.00 bits per heavy atom. The summed E-state index contributed by atoms with van der Waals surface area (Å²) in [6, 6.07) is 17.3. The number of fused-ring (bicyclic) bond motifs is 4. The SMILES string of the molecule is CN1C(=O)NC(=O)[C@]2(Cc3ccccc3N3CC[C@@H](c4ccccc4)C[C@@H]32)C1=O. The standard InChI is InChI=1S/C23H23N3O3/c1-25-21(28)23(20(27)24-22(25)29)14-17-9-5-6-10-18(17)26-12-11-16(13-19(23)26)15-7-3-2-4-8-15/h2-10,16,19H,11-14H2,1H3,(H,24,27,29)/t16-,19-,23-/m1/s1. The Bertz CT molecular complexity index is 1010. The van der Waals surface area contributed by atoms with E-state index in [1.54, 1.807) is 0 Å². The van der Waals surface area contributed by atoms with E-state index in [1.165, 1.54) is 12.6 Å². The molecule has 0 radical (unpaired) electrons. The number of piperidine rings is 1. The van der Waals surface area contributed by atoms with Crippen molar-refractivity contribution in [2.75, 3.05) is 18.5 Å². The summed E-state index contributed by atoms with van der Waals surface area (Å²) in [5.41, 5.74) is 2.02. The van der Waals surface area contributed by atoms with Crippen molar-refractivity contribution in [3.8, 4) is 0 Å². The molecular formula is C23H23N3O3. The van der Waals surface area contributed by atoms with Crippen LogP contribution >= 0.6 is 0 Å². The van der Waals surface area contributed by atoms with Crippen molar-refractivity contribution in [1.82, 2.24) is 10.2 Å². The molecular weight excluding hydrogens is 366 g/mol. The average Bonchev–Trinajstić information content (AvgIpc) is 2.76. The fourth-order valence-corrected chi connectivity index (χ4v) is 5.34. The molecule has 3 aliphatic heterocycles. The highest BCUT2D eigenvalue weighted by molar-refractivity contribution is 6.20. The van der Waals surface area contributed by atoms with E-state index < -0.39 is 23.3 Å². The molecule has 0 unspecified atom stereocenters. The third-order valence-electron chi connectivity index (χ3n) is 6.83. The van der Waals surface area contributed by atoms with Crippen molar-refractivity contribution < 1.29 is 14.4 Å². The van der Waals surface area contributed by atoms with Gasteiger partial charge in [0.2, 0.25) is 11.8 Å². The summed E-state index contributed by atoms with van der Waals surface area (Å²) < 4.78 is 0. The largest absolute Gasteiger partial charge is 0.367 e. The number of hydrogen-bond acceptors (Lipinski definition) is 4. The molecule has 4 amide bonds. The first-order valence-electron chi connectivity index (χ1n) is 10.1. The highest BCUT2D eigenvalue weighted by Gasteiger charge is 2.62. The molecule has 6 nitrogen and oxygen atoms in total. The minimum absolute atomic E-state index is 0.267. The Balaban J connectivity index is 1.63. The van der Waals surface area contributed by atoms with E-state index in [9.17, 15) is 14.4 Å². The minimum Gasteiger partial charge on any atom is -0.367 e. The second-order valence-corrected chi connectivity index (χ2v) is 8.24. The smallest absolute Gasteiger partial charge is 0.330 e. The fourth-order valence-electron chi connectivity index (χ4n) is 5.34. The van der Waals surface area contributed by atoms with Crippen molar-refractivity contribution in [2.24, 2.45) is 5.41 Å². The number of nitrogens with one attached hydrogen (secondary N) is 1. The van der Waals surface area contributed by atoms with Crippen molar-refractivity contribution in [2.45, 2.75) is 31.2 Å². The topological polar surface area (TPSA) is 69.7 Å². The Kier molecular flexibility index (Phi) is 3.98. The summed E-state index contributed by atoms with van der Waals surface area (Å²) in [4.78, 5) is 42.1. The number of anilines is 1. The van der Waals surface area contributed by atoms with E-state index in [4.69, 9.17) is 0 Å². The van der Waals surface area contributed by atoms with Crippen LogP contribution in [-0.4, -0.2) is 42.4 Å². The van der Waals surface area contributed by atoms with Crippen molar-refractivity contribution in [1.29, 1.82) is 0 Å². The molecule has 2 aromatic carbocycles. The lowest BCUT2D eigenvalue weighted by atomic mass is 9.64. The number of benzene rings is 2. The van der Waals surface area contributed by atoms with Crippen LogP contribution < -0.4 is 10.2 Å². The van der Waals surface area contributed by atoms with E-state index in [1.807, 2.05) is 36.4 Å². The molecule has 0 saturated carbocycles. The van der Waals surface area contributed by atoms with Gasteiger partial charge in [0, 0.05) is 19.3 Å². The first-order valence-corrected chi connectivity index (χ1v) is 10.1. The van der Waals surface area contributed by atoms with Gasteiger partial charge in [-0.15, -0.1) is 0 Å². The Labute approximate surface area is 169 Å². The van der Waals surface area contributed by atoms with Gasteiger partial charge in [-0.1, -0.05) is 48.5 Å². The zero-order valence-corrected chi connectivity index (χ0v) is 16.3. The van der Waals surface area contributed by atoms with Crippen LogP contribution in [0.25, 0.3) is 0 Å². The van der Waals surface area contributed by atoms with Gasteiger partial charge in [-0.05, 0) is 42.4 Å². The van der Waals surface area contributed by atoms with Gasteiger partial charge in [0.15, 0.2) is 5.41 Å². The van der Waals surface area contributed by atoms with Gasteiger partial charge in [0.05, 0.1) is 6.04 Å². The molecule has 1 spiro atoms. The molecule has 2 aromatic rings. The van der Waals surface area contributed by atoms with Crippen molar-refractivity contribution in [3.05, 3.63) is 65.7 Å². The van der Waals surface area contributed by atoms with Crippen LogP contribution in [0.5, 0.6) is 0 Å². The van der Waals surface area contributed by atoms with Crippen molar-refractivity contribution >= 4 is 23.5 Å². The maximum Gasteiger partial charge on any atom is 0.330 e. The van der Waals surface area contributed by atoms with Gasteiger partial charge >= 0.3 is 6.03 Å². The molecule has 2 saturated heterocycles. The van der Waals surface area contributed by atoms with E-state index in [0.29, 0.717) is 12.8 Å². The predicted molar refractivity (Wildman–Crippen MR) is 108 cm³/mol. The van der Waals surface area contributed by atoms with Crippen LogP contribution in [-0.2, 0) is 16.0 Å². The van der Waals surface area contributed by atoms with Crippen LogP contribution in [0.1, 0.15) is 29.9 Å². The Morgan fingerprint density at radius 2 is 1.72 bits per heavy atom. The average molecular weight is 389 g/mol. The van der Waals surface area contributed by atoms with Gasteiger partial charge in [-0.2, -0.15) is 0 Å². The number of urea groups is 1. The number of barbiturate groups is 1. The maximum atomic E-state index is 13.4. The fraction of sp³-hybridized carbons (Fsp3) is 0.348. The number of carbonyl (C=O) groups excluding carboxylic acids is 3. The zero-order chi connectivity index (χ0) is 20.2. The second-order valence-electron chi connectivity index (χ2n) is 8.24. The third kappa shape index (κ3) is 2.51. The monoisotopic (exact) mass is 389 g/mol. The van der Waals surface area contributed by atoms with Crippen LogP contribution in [0, 0.1) is 5.41 Å². The number of nitrogens with zero attached hydrogens (tertiary/aromatic N) is 2. The first kappa shape index (κ1) is 17.9. The third-order valence-corrected chi connectivity index (χ3v) is 6.83. The summed E-state index contributed by atoms with van der Waals surface area (Å²) in [6.45, 7) is 0.765. The lowest BCUT2D eigenvalue weighted by Gasteiger charge is -2.54. The van der Waals surface area contributed by atoms with Gasteiger partial charge in [0.25, 0.3) is 0 Å². The Morgan fingerprint density at radius 3 is 2.52 bits per heavy atom. The molecule has 0 bridgehead atoms. The van der Waals surface area contributed by atoms with Crippen LogP contribution in [0.15, 0.2) is 54.6 Å². The number of carbonyl (C=O) groups is 3. The maximum absolute atomic E-state index is 13.4. The summed E-state index contributed by atoms with van der Waals surface area (Å²) >= 11 is 0. The molecule has 29 heavy (non-hydrogen) atoms. The molecule has 3 atom stereocenters. The molecule has 148 valence electrons. The van der Waals surface area contributed by atoms with Crippen LogP contribution in [0.4, 0.5) is 10.5 Å². The summed E-state index contributed by atoms with van der Waals surface area (Å²) in [5, 5.41) is 2.44. The number of amides is 4. The van der Waals surface area contributed by atoms with Gasteiger partial charge in [-0.3, -0.25) is 19.8 Å². The van der Waals surface area contributed by atoms with E-state index >= 15 is 0 Å². The van der Waals surface area contributed by atoms with E-state index in [2.05, 4.69) is 28.4 Å². The number of rotatable bonds is 1. The molecule has 3 heterocycles. The van der Waals surface area contributed by atoms with E-state index in [0.717, 1.165) is 29.1 Å². The van der Waals surface area contributed by atoms with Crippen molar-refractivity contribution in [3.63, 3.8) is 0 Å². The molecule has 1 N–H and O–H groups in total. The number of hydrogen-bond donors (Lipinski definition) is 1. The van der Waals surface area contributed by atoms with Gasteiger partial charge < -0.3 is 4.90 Å². The minimum atomic E-state index is -1.29. The molecule has 3 aliphatic rings.